The molecule has 33 heavy (non-hydrogen) atoms. The van der Waals surface area contributed by atoms with E-state index in [9.17, 15) is 18.0 Å². The van der Waals surface area contributed by atoms with Crippen LogP contribution in [0.5, 0.6) is 0 Å². The van der Waals surface area contributed by atoms with Gasteiger partial charge >= 0.3 is 0 Å². The molecule has 1 N–H and O–H groups in total. The van der Waals surface area contributed by atoms with E-state index < -0.39 is 33.9 Å². The number of aromatic nitrogens is 2. The van der Waals surface area contributed by atoms with Crippen LogP contribution >= 0.6 is 0 Å². The van der Waals surface area contributed by atoms with Gasteiger partial charge in [0.15, 0.2) is 0 Å². The molecule has 9 nitrogen and oxygen atoms in total. The summed E-state index contributed by atoms with van der Waals surface area (Å²) in [5, 5.41) is 3.51. The highest BCUT2D eigenvalue weighted by Gasteiger charge is 2.58. The summed E-state index contributed by atoms with van der Waals surface area (Å²) in [6.45, 7) is 13.4. The quantitative estimate of drug-likeness (QED) is 0.606. The lowest BCUT2D eigenvalue weighted by atomic mass is 9.88. The van der Waals surface area contributed by atoms with Crippen LogP contribution < -0.4 is 5.32 Å². The van der Waals surface area contributed by atoms with Crippen LogP contribution in [0, 0.1) is 23.7 Å². The minimum Gasteiger partial charge on any atom is -0.331 e. The molecule has 2 saturated heterocycles. The molecular formula is C23H37N5O4S. The third-order valence-corrected chi connectivity index (χ3v) is 7.97. The summed E-state index contributed by atoms with van der Waals surface area (Å²) in [5.74, 6) is -0.424. The first-order valence-electron chi connectivity index (χ1n) is 11.7. The number of carbonyl (C=O) groups excluding carboxylic acids is 2. The van der Waals surface area contributed by atoms with Crippen LogP contribution in [0.25, 0.3) is 0 Å². The third kappa shape index (κ3) is 5.06. The lowest BCUT2D eigenvalue weighted by Gasteiger charge is -2.29. The van der Waals surface area contributed by atoms with Crippen molar-refractivity contribution >= 4 is 21.8 Å². The second-order valence-electron chi connectivity index (χ2n) is 10.3. The maximum Gasteiger partial charge on any atom is 0.274 e. The van der Waals surface area contributed by atoms with Gasteiger partial charge in [0, 0.05) is 19.1 Å². The minimum atomic E-state index is -3.71. The van der Waals surface area contributed by atoms with Crippen LogP contribution in [-0.4, -0.2) is 70.3 Å². The number of hydrogen-bond acceptors (Lipinski definition) is 7. The summed E-state index contributed by atoms with van der Waals surface area (Å²) < 4.78 is 25.6. The van der Waals surface area contributed by atoms with Crippen molar-refractivity contribution in [3.63, 3.8) is 0 Å². The van der Waals surface area contributed by atoms with Crippen LogP contribution in [-0.2, 0) is 21.4 Å². The van der Waals surface area contributed by atoms with Crippen LogP contribution in [0.3, 0.4) is 0 Å². The van der Waals surface area contributed by atoms with Gasteiger partial charge in [-0.15, -0.1) is 0 Å². The van der Waals surface area contributed by atoms with Crippen LogP contribution in [0.2, 0.25) is 0 Å². The van der Waals surface area contributed by atoms with E-state index in [1.807, 2.05) is 13.8 Å². The van der Waals surface area contributed by atoms with E-state index in [0.717, 1.165) is 16.3 Å². The van der Waals surface area contributed by atoms with Crippen molar-refractivity contribution in [3.05, 3.63) is 23.8 Å². The van der Waals surface area contributed by atoms with Crippen molar-refractivity contribution in [2.45, 2.75) is 72.6 Å². The van der Waals surface area contributed by atoms with Crippen LogP contribution in [0.15, 0.2) is 12.4 Å². The van der Waals surface area contributed by atoms with E-state index in [4.69, 9.17) is 0 Å². The van der Waals surface area contributed by atoms with E-state index in [0.29, 0.717) is 37.4 Å². The summed E-state index contributed by atoms with van der Waals surface area (Å²) in [5.41, 5.74) is 0.952. The largest absolute Gasteiger partial charge is 0.331 e. The first-order valence-corrected chi connectivity index (χ1v) is 13.6. The maximum absolute atomic E-state index is 13.3. The Bertz CT molecular complexity index is 969. The van der Waals surface area contributed by atoms with E-state index >= 15 is 0 Å². The fraction of sp³-hybridized carbons (Fsp3) is 0.739. The standard InChI is InChI=1S/C23H37N5O4S/c1-13(2)19-21-18(28(23(19)30)33(7,31)32)8-9-27(21)22(29)17-12-24-16(10-25-17)11-26-20(14(3)4)15(5)6/h10,12-15,18-21,26H,8-9,11H2,1-7H3/t18-,19+,21-/m0/s1. The van der Waals surface area contributed by atoms with Crippen molar-refractivity contribution in [2.24, 2.45) is 23.7 Å². The van der Waals surface area contributed by atoms with Crippen LogP contribution in [0.1, 0.15) is 64.1 Å². The number of rotatable bonds is 8. The highest BCUT2D eigenvalue weighted by atomic mass is 32.2. The summed E-state index contributed by atoms with van der Waals surface area (Å²) in [6, 6.07) is -0.662. The Morgan fingerprint density at radius 3 is 2.24 bits per heavy atom. The lowest BCUT2D eigenvalue weighted by Crippen LogP contribution is -2.44. The number of hydrogen-bond donors (Lipinski definition) is 1. The average Bonchev–Trinajstić information content (AvgIpc) is 3.23. The molecule has 3 atom stereocenters. The molecule has 0 aliphatic carbocycles. The summed E-state index contributed by atoms with van der Waals surface area (Å²) in [7, 11) is -3.71. The second kappa shape index (κ2) is 9.66. The fourth-order valence-electron chi connectivity index (χ4n) is 5.44. The predicted octanol–water partition coefficient (Wildman–Crippen LogP) is 1.90. The van der Waals surface area contributed by atoms with Crippen molar-refractivity contribution in [3.8, 4) is 0 Å². The number of nitrogens with zero attached hydrogens (tertiary/aromatic N) is 4. The Hall–Kier alpha value is -2.07. The van der Waals surface area contributed by atoms with Gasteiger partial charge in [0.1, 0.15) is 5.69 Å². The molecule has 3 rings (SSSR count). The molecule has 1 aromatic rings. The molecule has 0 radical (unpaired) electrons. The summed E-state index contributed by atoms with van der Waals surface area (Å²) >= 11 is 0. The van der Waals surface area contributed by atoms with Crippen molar-refractivity contribution < 1.29 is 18.0 Å². The number of likely N-dealkylation sites (tertiary alicyclic amines) is 1. The van der Waals surface area contributed by atoms with Crippen molar-refractivity contribution in [2.75, 3.05) is 12.8 Å². The molecule has 0 spiro atoms. The molecule has 2 aliphatic rings. The van der Waals surface area contributed by atoms with E-state index in [-0.39, 0.29) is 17.5 Å². The molecule has 0 saturated carbocycles. The number of fused-ring (bicyclic) bond motifs is 1. The molecule has 0 aromatic carbocycles. The molecule has 2 fully saturated rings. The van der Waals surface area contributed by atoms with E-state index in [1.54, 1.807) is 11.1 Å². The van der Waals surface area contributed by atoms with Gasteiger partial charge in [-0.05, 0) is 24.2 Å². The number of nitrogens with one attached hydrogen (secondary N) is 1. The van der Waals surface area contributed by atoms with Gasteiger partial charge in [0.05, 0.1) is 42.3 Å². The van der Waals surface area contributed by atoms with Gasteiger partial charge in [-0.1, -0.05) is 41.5 Å². The Kier molecular flexibility index (Phi) is 7.48. The zero-order valence-electron chi connectivity index (χ0n) is 20.6. The number of sulfonamides is 1. The van der Waals surface area contributed by atoms with Gasteiger partial charge in [-0.3, -0.25) is 14.6 Å². The van der Waals surface area contributed by atoms with Crippen LogP contribution in [0.4, 0.5) is 0 Å². The molecule has 0 unspecified atom stereocenters. The Balaban J connectivity index is 1.77. The summed E-state index contributed by atoms with van der Waals surface area (Å²) in [4.78, 5) is 36.7. The highest BCUT2D eigenvalue weighted by Crippen LogP contribution is 2.41. The molecule has 2 aliphatic heterocycles. The Morgan fingerprint density at radius 1 is 1.12 bits per heavy atom. The highest BCUT2D eigenvalue weighted by molar-refractivity contribution is 7.88. The second-order valence-corrected chi connectivity index (χ2v) is 12.2. The van der Waals surface area contributed by atoms with Crippen molar-refractivity contribution in [1.29, 1.82) is 0 Å². The first kappa shape index (κ1) is 25.6. The van der Waals surface area contributed by atoms with Gasteiger partial charge in [0.25, 0.3) is 5.91 Å². The zero-order valence-corrected chi connectivity index (χ0v) is 21.5. The number of amides is 2. The Morgan fingerprint density at radius 2 is 1.76 bits per heavy atom. The Labute approximate surface area is 197 Å². The molecular weight excluding hydrogens is 442 g/mol. The zero-order chi connectivity index (χ0) is 24.7. The first-order chi connectivity index (χ1) is 15.3. The van der Waals surface area contributed by atoms with Gasteiger partial charge < -0.3 is 10.2 Å². The summed E-state index contributed by atoms with van der Waals surface area (Å²) in [6.07, 6.45) is 4.56. The van der Waals surface area contributed by atoms with E-state index in [2.05, 4.69) is 43.0 Å². The maximum atomic E-state index is 13.3. The SMILES string of the molecule is CC(C)C(NCc1cnc(C(=O)N2CC[C@H]3[C@H]2[C@@H](C(C)C)C(=O)N3S(C)(=O)=O)cn1)C(C)C. The monoisotopic (exact) mass is 479 g/mol. The molecule has 0 bridgehead atoms. The fourth-order valence-corrected chi connectivity index (χ4v) is 6.61. The van der Waals surface area contributed by atoms with E-state index in [1.165, 1.54) is 6.20 Å². The van der Waals surface area contributed by atoms with Crippen molar-refractivity contribution in [1.82, 2.24) is 24.5 Å². The topological polar surface area (TPSA) is 113 Å². The lowest BCUT2D eigenvalue weighted by molar-refractivity contribution is -0.129. The van der Waals surface area contributed by atoms with Gasteiger partial charge in [0.2, 0.25) is 15.9 Å². The number of carbonyl (C=O) groups is 2. The molecule has 2 amide bonds. The molecule has 10 heteroatoms. The average molecular weight is 480 g/mol. The molecule has 184 valence electrons. The predicted molar refractivity (Wildman–Crippen MR) is 126 cm³/mol. The smallest absolute Gasteiger partial charge is 0.274 e. The third-order valence-electron chi connectivity index (χ3n) is 6.81. The minimum absolute atomic E-state index is 0.0976. The molecule has 3 heterocycles. The molecule has 1 aromatic heterocycles. The normalized spacial score (nSPS) is 23.5. The van der Waals surface area contributed by atoms with Gasteiger partial charge in [-0.25, -0.2) is 17.7 Å². The van der Waals surface area contributed by atoms with Gasteiger partial charge in [-0.2, -0.15) is 0 Å².